The first-order valence-electron chi connectivity index (χ1n) is 15.8. The summed E-state index contributed by atoms with van der Waals surface area (Å²) < 4.78 is 56.4. The number of fused-ring (bicyclic) bond motifs is 2. The fraction of sp³-hybridized carbons (Fsp3) is 0.316. The molecule has 2 heterocycles. The molecule has 0 aromatic heterocycles. The normalized spacial score (nSPS) is 19.8. The maximum atomic E-state index is 15.9. The second-order valence-electron chi connectivity index (χ2n) is 14.5. The standard InChI is InChI=1S/C38H38B2F2O4/c1-35(2)36(3,4)44-39(43-35)29-19-17-23(21-31(29)41)33-25-13-9-11-15-27(25)34(28-16-12-10-14-26(28)33)24-18-20-30(32(42)22-24)40-45-37(5,6)38(7,8)46-40/h9-22H,1-8H3. The van der Waals surface area contributed by atoms with E-state index >= 15 is 8.78 Å². The Kier molecular flexibility index (Phi) is 7.08. The summed E-state index contributed by atoms with van der Waals surface area (Å²) in [5.74, 6) is -0.790. The zero-order chi connectivity index (χ0) is 32.8. The van der Waals surface area contributed by atoms with E-state index in [1.165, 1.54) is 0 Å². The molecule has 0 saturated carbocycles. The molecule has 2 aliphatic rings. The highest BCUT2D eigenvalue weighted by atomic mass is 19.1. The summed E-state index contributed by atoms with van der Waals surface area (Å²) in [6.07, 6.45) is 0. The van der Waals surface area contributed by atoms with Crippen LogP contribution in [0.2, 0.25) is 0 Å². The van der Waals surface area contributed by atoms with Gasteiger partial charge in [0.25, 0.3) is 0 Å². The van der Waals surface area contributed by atoms with Gasteiger partial charge in [0.1, 0.15) is 11.6 Å². The van der Waals surface area contributed by atoms with Gasteiger partial charge in [-0.05, 0) is 111 Å². The van der Waals surface area contributed by atoms with Crippen LogP contribution in [0.15, 0.2) is 84.9 Å². The molecule has 0 N–H and O–H groups in total. The van der Waals surface area contributed by atoms with Crippen molar-refractivity contribution in [2.75, 3.05) is 0 Å². The average Bonchev–Trinajstić information content (AvgIpc) is 3.34. The Bertz CT molecular complexity index is 1790. The van der Waals surface area contributed by atoms with Gasteiger partial charge in [0.05, 0.1) is 22.4 Å². The minimum absolute atomic E-state index is 0.366. The van der Waals surface area contributed by atoms with Gasteiger partial charge in [-0.25, -0.2) is 8.78 Å². The molecule has 0 atom stereocenters. The van der Waals surface area contributed by atoms with E-state index in [2.05, 4.69) is 0 Å². The third kappa shape index (κ3) is 4.81. The smallest absolute Gasteiger partial charge is 0.399 e. The Morgan fingerprint density at radius 3 is 0.978 bits per heavy atom. The van der Waals surface area contributed by atoms with Crippen LogP contribution in [0.5, 0.6) is 0 Å². The average molecular weight is 618 g/mol. The second kappa shape index (κ2) is 10.5. The summed E-state index contributed by atoms with van der Waals surface area (Å²) in [7, 11) is -1.60. The van der Waals surface area contributed by atoms with Crippen LogP contribution >= 0.6 is 0 Å². The van der Waals surface area contributed by atoms with Crippen LogP contribution in [-0.2, 0) is 18.6 Å². The monoisotopic (exact) mass is 618 g/mol. The summed E-state index contributed by atoms with van der Waals surface area (Å²) in [5, 5.41) is 3.76. The van der Waals surface area contributed by atoms with E-state index in [1.807, 2.05) is 116 Å². The van der Waals surface area contributed by atoms with Gasteiger partial charge >= 0.3 is 14.2 Å². The van der Waals surface area contributed by atoms with E-state index in [0.29, 0.717) is 10.9 Å². The highest BCUT2D eigenvalue weighted by Crippen LogP contribution is 2.44. The predicted molar refractivity (Wildman–Crippen MR) is 184 cm³/mol. The Balaban J connectivity index is 1.35. The molecule has 0 aliphatic carbocycles. The molecule has 0 radical (unpaired) electrons. The quantitative estimate of drug-likeness (QED) is 0.150. The van der Waals surface area contributed by atoms with E-state index in [4.69, 9.17) is 18.6 Å². The molecule has 8 heteroatoms. The Morgan fingerprint density at radius 1 is 0.435 bits per heavy atom. The number of benzene rings is 5. The highest BCUT2D eigenvalue weighted by Gasteiger charge is 2.53. The molecule has 4 nitrogen and oxygen atoms in total. The maximum absolute atomic E-state index is 15.9. The lowest BCUT2D eigenvalue weighted by atomic mass is 9.77. The molecule has 7 rings (SSSR count). The minimum Gasteiger partial charge on any atom is -0.399 e. The zero-order valence-corrected chi connectivity index (χ0v) is 27.6. The van der Waals surface area contributed by atoms with Crippen molar-refractivity contribution in [1.29, 1.82) is 0 Å². The molecule has 5 aromatic carbocycles. The summed E-state index contributed by atoms with van der Waals surface area (Å²) >= 11 is 0. The van der Waals surface area contributed by atoms with Gasteiger partial charge in [0, 0.05) is 10.9 Å². The molecule has 2 fully saturated rings. The fourth-order valence-electron chi connectivity index (χ4n) is 6.44. The molecule has 2 aliphatic heterocycles. The van der Waals surface area contributed by atoms with Gasteiger partial charge in [-0.2, -0.15) is 0 Å². The first kappa shape index (κ1) is 31.1. The van der Waals surface area contributed by atoms with Crippen molar-refractivity contribution in [3.05, 3.63) is 96.6 Å². The zero-order valence-electron chi connectivity index (χ0n) is 27.6. The van der Waals surface area contributed by atoms with E-state index in [-0.39, 0.29) is 0 Å². The van der Waals surface area contributed by atoms with Crippen LogP contribution in [0.1, 0.15) is 55.4 Å². The van der Waals surface area contributed by atoms with Crippen LogP contribution in [0.25, 0.3) is 43.8 Å². The van der Waals surface area contributed by atoms with Gasteiger partial charge in [-0.3, -0.25) is 0 Å². The molecule has 46 heavy (non-hydrogen) atoms. The lowest BCUT2D eigenvalue weighted by molar-refractivity contribution is 0.00578. The summed E-state index contributed by atoms with van der Waals surface area (Å²) in [4.78, 5) is 0. The first-order chi connectivity index (χ1) is 21.6. The second-order valence-corrected chi connectivity index (χ2v) is 14.5. The summed E-state index contributed by atoms with van der Waals surface area (Å²) in [5.41, 5.74) is 1.71. The van der Waals surface area contributed by atoms with Crippen LogP contribution in [-0.4, -0.2) is 36.6 Å². The molecule has 234 valence electrons. The molecular formula is C38H38B2F2O4. The number of halogens is 2. The Morgan fingerprint density at radius 2 is 0.717 bits per heavy atom. The van der Waals surface area contributed by atoms with Gasteiger partial charge in [0.15, 0.2) is 0 Å². The minimum atomic E-state index is -0.801. The Hall–Kier alpha value is -3.55. The van der Waals surface area contributed by atoms with Crippen LogP contribution in [0.4, 0.5) is 8.78 Å². The van der Waals surface area contributed by atoms with E-state index < -0.39 is 48.3 Å². The number of rotatable bonds is 4. The van der Waals surface area contributed by atoms with Gasteiger partial charge in [-0.1, -0.05) is 72.8 Å². The van der Waals surface area contributed by atoms with Crippen LogP contribution in [0, 0.1) is 11.6 Å². The first-order valence-corrected chi connectivity index (χ1v) is 15.8. The maximum Gasteiger partial charge on any atom is 0.497 e. The third-order valence-electron chi connectivity index (χ3n) is 10.5. The SMILES string of the molecule is CC1(C)OB(c2ccc(-c3c4ccccc4c(-c4ccc(B5OC(C)(C)C(C)(C)O5)c(F)c4)c4ccccc34)cc2F)OC1(C)C. The number of hydrogen-bond donors (Lipinski definition) is 0. The molecule has 0 unspecified atom stereocenters. The Labute approximate surface area is 270 Å². The lowest BCUT2D eigenvalue weighted by Crippen LogP contribution is -2.41. The van der Waals surface area contributed by atoms with E-state index in [1.54, 1.807) is 24.3 Å². The summed E-state index contributed by atoms with van der Waals surface area (Å²) in [6.45, 7) is 15.6. The van der Waals surface area contributed by atoms with Crippen LogP contribution < -0.4 is 10.9 Å². The third-order valence-corrected chi connectivity index (χ3v) is 10.5. The topological polar surface area (TPSA) is 36.9 Å². The van der Waals surface area contributed by atoms with Crippen LogP contribution in [0.3, 0.4) is 0 Å². The molecule has 0 spiro atoms. The van der Waals surface area contributed by atoms with Gasteiger partial charge in [0.2, 0.25) is 0 Å². The summed E-state index contributed by atoms with van der Waals surface area (Å²) in [6, 6.07) is 26.5. The van der Waals surface area contributed by atoms with Crippen molar-refractivity contribution in [2.45, 2.75) is 77.8 Å². The predicted octanol–water partition coefficient (Wildman–Crippen LogP) is 8.20. The molecule has 0 amide bonds. The van der Waals surface area contributed by atoms with Crippen molar-refractivity contribution in [3.8, 4) is 22.3 Å². The van der Waals surface area contributed by atoms with E-state index in [0.717, 1.165) is 43.8 Å². The molecule has 2 saturated heterocycles. The van der Waals surface area contributed by atoms with Crippen molar-refractivity contribution < 1.29 is 27.4 Å². The van der Waals surface area contributed by atoms with Gasteiger partial charge in [-0.15, -0.1) is 0 Å². The number of hydrogen-bond acceptors (Lipinski definition) is 4. The lowest BCUT2D eigenvalue weighted by Gasteiger charge is -2.32. The van der Waals surface area contributed by atoms with Crippen molar-refractivity contribution >= 4 is 46.7 Å². The van der Waals surface area contributed by atoms with Crippen molar-refractivity contribution in [3.63, 3.8) is 0 Å². The molecular weight excluding hydrogens is 580 g/mol. The fourth-order valence-corrected chi connectivity index (χ4v) is 6.44. The van der Waals surface area contributed by atoms with Crippen molar-refractivity contribution in [2.24, 2.45) is 0 Å². The highest BCUT2D eigenvalue weighted by molar-refractivity contribution is 6.62. The molecule has 0 bridgehead atoms. The largest absolute Gasteiger partial charge is 0.497 e. The van der Waals surface area contributed by atoms with Crippen molar-refractivity contribution in [1.82, 2.24) is 0 Å². The van der Waals surface area contributed by atoms with Gasteiger partial charge < -0.3 is 18.6 Å². The van der Waals surface area contributed by atoms with E-state index in [9.17, 15) is 0 Å². The molecule has 5 aromatic rings.